The quantitative estimate of drug-likeness (QED) is 0.838. The summed E-state index contributed by atoms with van der Waals surface area (Å²) in [6.07, 6.45) is 6.98. The van der Waals surface area contributed by atoms with E-state index in [0.717, 1.165) is 18.8 Å². The van der Waals surface area contributed by atoms with Gasteiger partial charge in [0.2, 0.25) is 5.95 Å². The number of nitrogens with one attached hydrogen (secondary N) is 1. The van der Waals surface area contributed by atoms with E-state index in [-0.39, 0.29) is 11.9 Å². The van der Waals surface area contributed by atoms with Crippen molar-refractivity contribution in [1.82, 2.24) is 10.3 Å². The molecule has 0 spiro atoms. The highest BCUT2D eigenvalue weighted by molar-refractivity contribution is 5.94. The van der Waals surface area contributed by atoms with Crippen molar-refractivity contribution in [1.29, 1.82) is 0 Å². The molecule has 0 aromatic carbocycles. The number of carbonyl (C=O) groups excluding carboxylic acids is 1. The summed E-state index contributed by atoms with van der Waals surface area (Å²) in [7, 11) is 0. The number of carbonyl (C=O) groups is 1. The Kier molecular flexibility index (Phi) is 4.28. The molecule has 1 fully saturated rings. The molecule has 1 aromatic rings. The smallest absolute Gasteiger partial charge is 0.253 e. The molecule has 1 heterocycles. The minimum absolute atomic E-state index is 0.149. The average Bonchev–Trinajstić information content (AvgIpc) is 2.39. The molecule has 3 nitrogen and oxygen atoms in total. The minimum atomic E-state index is -0.560. The molecule has 2 atom stereocenters. The van der Waals surface area contributed by atoms with E-state index in [2.05, 4.69) is 17.2 Å². The molecule has 0 radical (unpaired) electrons. The van der Waals surface area contributed by atoms with E-state index in [4.69, 9.17) is 0 Å². The van der Waals surface area contributed by atoms with E-state index in [1.165, 1.54) is 37.6 Å². The van der Waals surface area contributed by atoms with Gasteiger partial charge in [-0.05, 0) is 30.9 Å². The minimum Gasteiger partial charge on any atom is -0.349 e. The van der Waals surface area contributed by atoms with Crippen molar-refractivity contribution in [2.24, 2.45) is 5.92 Å². The number of amides is 1. The largest absolute Gasteiger partial charge is 0.349 e. The van der Waals surface area contributed by atoms with Crippen LogP contribution in [0.3, 0.4) is 0 Å². The molecule has 1 aliphatic carbocycles. The van der Waals surface area contributed by atoms with Gasteiger partial charge in [-0.1, -0.05) is 26.2 Å². The highest BCUT2D eigenvalue weighted by Crippen LogP contribution is 2.26. The van der Waals surface area contributed by atoms with Gasteiger partial charge in [-0.2, -0.15) is 4.39 Å². The van der Waals surface area contributed by atoms with Crippen LogP contribution in [0.15, 0.2) is 18.3 Å². The summed E-state index contributed by atoms with van der Waals surface area (Å²) in [5, 5.41) is 3.02. The Morgan fingerprint density at radius 2 is 2.33 bits per heavy atom. The maximum absolute atomic E-state index is 12.7. The maximum atomic E-state index is 12.7. The number of hydrogen-bond acceptors (Lipinski definition) is 2. The summed E-state index contributed by atoms with van der Waals surface area (Å²) in [6.45, 7) is 2.19. The second-order valence-corrected chi connectivity index (χ2v) is 4.98. The average molecular weight is 250 g/mol. The van der Waals surface area contributed by atoms with E-state index in [1.807, 2.05) is 0 Å². The van der Waals surface area contributed by atoms with Gasteiger partial charge in [0.05, 0.1) is 5.56 Å². The van der Waals surface area contributed by atoms with Crippen LogP contribution in [0.1, 0.15) is 49.4 Å². The zero-order chi connectivity index (χ0) is 13.0. The van der Waals surface area contributed by atoms with Crippen molar-refractivity contribution >= 4 is 5.91 Å². The second kappa shape index (κ2) is 5.94. The van der Waals surface area contributed by atoms with Gasteiger partial charge in [0.25, 0.3) is 5.91 Å². The van der Waals surface area contributed by atoms with Crippen molar-refractivity contribution in [3.05, 3.63) is 29.8 Å². The standard InChI is InChI=1S/C14H19FN2O/c1-2-10-4-3-5-12(8-10)17-14(18)11-6-7-13(15)16-9-11/h6-7,9-10,12H,2-5,8H2,1H3,(H,17,18). The summed E-state index contributed by atoms with van der Waals surface area (Å²) >= 11 is 0. The monoisotopic (exact) mass is 250 g/mol. The first-order valence-corrected chi connectivity index (χ1v) is 6.61. The third-order valence-corrected chi connectivity index (χ3v) is 3.68. The molecule has 1 amide bonds. The van der Waals surface area contributed by atoms with Crippen LogP contribution in [0, 0.1) is 11.9 Å². The van der Waals surface area contributed by atoms with Crippen molar-refractivity contribution in [3.63, 3.8) is 0 Å². The Labute approximate surface area is 107 Å². The lowest BCUT2D eigenvalue weighted by molar-refractivity contribution is 0.0918. The third kappa shape index (κ3) is 3.28. The van der Waals surface area contributed by atoms with Gasteiger partial charge in [-0.15, -0.1) is 0 Å². The van der Waals surface area contributed by atoms with Gasteiger partial charge in [0.15, 0.2) is 0 Å². The summed E-state index contributed by atoms with van der Waals surface area (Å²) in [5.41, 5.74) is 0.426. The Hall–Kier alpha value is -1.45. The van der Waals surface area contributed by atoms with Crippen LogP contribution in [-0.4, -0.2) is 16.9 Å². The fourth-order valence-corrected chi connectivity index (χ4v) is 2.57. The number of aromatic nitrogens is 1. The van der Waals surface area contributed by atoms with Crippen molar-refractivity contribution in [2.75, 3.05) is 0 Å². The first kappa shape index (κ1) is 13.0. The fourth-order valence-electron chi connectivity index (χ4n) is 2.57. The van der Waals surface area contributed by atoms with Gasteiger partial charge in [-0.25, -0.2) is 4.98 Å². The summed E-state index contributed by atoms with van der Waals surface area (Å²) in [4.78, 5) is 15.4. The Morgan fingerprint density at radius 1 is 1.50 bits per heavy atom. The lowest BCUT2D eigenvalue weighted by atomic mass is 9.84. The number of nitrogens with zero attached hydrogens (tertiary/aromatic N) is 1. The van der Waals surface area contributed by atoms with Crippen LogP contribution < -0.4 is 5.32 Å². The molecule has 1 saturated carbocycles. The molecule has 2 rings (SSSR count). The molecule has 18 heavy (non-hydrogen) atoms. The predicted octanol–water partition coefficient (Wildman–Crippen LogP) is 2.92. The Morgan fingerprint density at radius 3 is 3.00 bits per heavy atom. The van der Waals surface area contributed by atoms with E-state index >= 15 is 0 Å². The molecular formula is C14H19FN2O. The molecule has 1 N–H and O–H groups in total. The van der Waals surface area contributed by atoms with Crippen LogP contribution in [-0.2, 0) is 0 Å². The van der Waals surface area contributed by atoms with Crippen molar-refractivity contribution in [3.8, 4) is 0 Å². The molecule has 0 saturated heterocycles. The summed E-state index contributed by atoms with van der Waals surface area (Å²) in [6, 6.07) is 2.93. The Balaban J connectivity index is 1.92. The summed E-state index contributed by atoms with van der Waals surface area (Å²) < 4.78 is 12.7. The Bertz CT molecular complexity index is 405. The lowest BCUT2D eigenvalue weighted by Gasteiger charge is -2.29. The molecule has 2 unspecified atom stereocenters. The molecule has 0 aliphatic heterocycles. The van der Waals surface area contributed by atoms with Crippen molar-refractivity contribution in [2.45, 2.75) is 45.1 Å². The van der Waals surface area contributed by atoms with Gasteiger partial charge in [-0.3, -0.25) is 4.79 Å². The van der Waals surface area contributed by atoms with Crippen LogP contribution in [0.4, 0.5) is 4.39 Å². The third-order valence-electron chi connectivity index (χ3n) is 3.68. The first-order valence-electron chi connectivity index (χ1n) is 6.61. The van der Waals surface area contributed by atoms with E-state index in [1.54, 1.807) is 0 Å². The molecule has 98 valence electrons. The first-order chi connectivity index (χ1) is 8.69. The molecule has 1 aromatic heterocycles. The van der Waals surface area contributed by atoms with Gasteiger partial charge in [0.1, 0.15) is 0 Å². The topological polar surface area (TPSA) is 42.0 Å². The highest BCUT2D eigenvalue weighted by atomic mass is 19.1. The normalized spacial score (nSPS) is 23.7. The van der Waals surface area contributed by atoms with Crippen LogP contribution in [0.2, 0.25) is 0 Å². The van der Waals surface area contributed by atoms with E-state index in [9.17, 15) is 9.18 Å². The molecule has 4 heteroatoms. The van der Waals surface area contributed by atoms with Crippen LogP contribution in [0.5, 0.6) is 0 Å². The molecular weight excluding hydrogens is 231 g/mol. The lowest BCUT2D eigenvalue weighted by Crippen LogP contribution is -2.38. The zero-order valence-corrected chi connectivity index (χ0v) is 10.7. The number of rotatable bonds is 3. The summed E-state index contributed by atoms with van der Waals surface area (Å²) in [5.74, 6) is 0.00918. The second-order valence-electron chi connectivity index (χ2n) is 4.98. The fraction of sp³-hybridized carbons (Fsp3) is 0.571. The van der Waals surface area contributed by atoms with E-state index in [0.29, 0.717) is 5.56 Å². The van der Waals surface area contributed by atoms with Gasteiger partial charge < -0.3 is 5.32 Å². The SMILES string of the molecule is CCC1CCCC(NC(=O)c2ccc(F)nc2)C1. The molecule has 1 aliphatic rings. The highest BCUT2D eigenvalue weighted by Gasteiger charge is 2.22. The van der Waals surface area contributed by atoms with Gasteiger partial charge >= 0.3 is 0 Å². The van der Waals surface area contributed by atoms with Gasteiger partial charge in [0, 0.05) is 12.2 Å². The number of hydrogen-bond donors (Lipinski definition) is 1. The van der Waals surface area contributed by atoms with Crippen LogP contribution >= 0.6 is 0 Å². The van der Waals surface area contributed by atoms with Crippen molar-refractivity contribution < 1.29 is 9.18 Å². The predicted molar refractivity (Wildman–Crippen MR) is 67.7 cm³/mol. The van der Waals surface area contributed by atoms with E-state index < -0.39 is 5.95 Å². The number of pyridine rings is 1. The number of halogens is 1. The molecule has 0 bridgehead atoms. The zero-order valence-electron chi connectivity index (χ0n) is 10.7. The maximum Gasteiger partial charge on any atom is 0.253 e. The van der Waals surface area contributed by atoms with Crippen LogP contribution in [0.25, 0.3) is 0 Å².